The lowest BCUT2D eigenvalue weighted by atomic mass is 10.2. The lowest BCUT2D eigenvalue weighted by Crippen LogP contribution is -2.07. The van der Waals surface area contributed by atoms with Crippen molar-refractivity contribution < 1.29 is 9.63 Å². The summed E-state index contributed by atoms with van der Waals surface area (Å²) in [7, 11) is 0. The zero-order valence-corrected chi connectivity index (χ0v) is 8.51. The van der Waals surface area contributed by atoms with E-state index in [9.17, 15) is 4.79 Å². The number of aromatic nitrogens is 1. The third-order valence-electron chi connectivity index (χ3n) is 1.60. The Labute approximate surface area is 87.9 Å². The lowest BCUT2D eigenvalue weighted by molar-refractivity contribution is -0.102. The highest BCUT2D eigenvalue weighted by atomic mass is 16.6. The Balaban J connectivity index is 2.82. The Kier molecular flexibility index (Phi) is 4.28. The molecule has 80 valence electrons. The van der Waals surface area contributed by atoms with Gasteiger partial charge in [-0.2, -0.15) is 0 Å². The van der Waals surface area contributed by atoms with Crippen molar-refractivity contribution in [3.05, 3.63) is 23.9 Å². The predicted octanol–water partition coefficient (Wildman–Crippen LogP) is 0.993. The maximum atomic E-state index is 10.7. The molecule has 0 fully saturated rings. The van der Waals surface area contributed by atoms with Gasteiger partial charge in [0.05, 0.1) is 5.69 Å². The summed E-state index contributed by atoms with van der Waals surface area (Å²) in [6.45, 7) is 2.43. The summed E-state index contributed by atoms with van der Waals surface area (Å²) in [5.74, 6) is 0.345. The molecule has 0 aliphatic carbocycles. The highest BCUT2D eigenvalue weighted by Crippen LogP contribution is 2.01. The number of nitrogen functional groups attached to an aromatic ring is 1. The maximum absolute atomic E-state index is 10.7. The van der Waals surface area contributed by atoms with Crippen molar-refractivity contribution in [3.8, 4) is 0 Å². The van der Waals surface area contributed by atoms with Gasteiger partial charge < -0.3 is 10.6 Å². The molecule has 5 heteroatoms. The van der Waals surface area contributed by atoms with Crippen LogP contribution in [-0.4, -0.2) is 23.6 Å². The quantitative estimate of drug-likeness (QED) is 0.338. The highest BCUT2D eigenvalue weighted by molar-refractivity contribution is 6.35. The first kappa shape index (κ1) is 11.2. The number of oxime groups is 1. The number of anilines is 1. The number of hydrogen-bond donors (Lipinski definition) is 1. The molecule has 0 aliphatic rings. The number of carbonyl (C=O) groups is 1. The van der Waals surface area contributed by atoms with Crippen molar-refractivity contribution in [2.45, 2.75) is 13.3 Å². The van der Waals surface area contributed by atoms with Gasteiger partial charge in [-0.1, -0.05) is 18.1 Å². The fraction of sp³-hybridized carbons (Fsp3) is 0.300. The average Bonchev–Trinajstić information content (AvgIpc) is 2.24. The zero-order chi connectivity index (χ0) is 11.1. The minimum absolute atomic E-state index is 0.149. The second-order valence-corrected chi connectivity index (χ2v) is 2.88. The summed E-state index contributed by atoms with van der Waals surface area (Å²) in [4.78, 5) is 19.6. The number of aldehydes is 1. The minimum Gasteiger partial charge on any atom is -0.395 e. The van der Waals surface area contributed by atoms with Crippen molar-refractivity contribution in [1.82, 2.24) is 4.98 Å². The summed E-state index contributed by atoms with van der Waals surface area (Å²) < 4.78 is 0. The summed E-state index contributed by atoms with van der Waals surface area (Å²) in [5, 5.41) is 3.67. The van der Waals surface area contributed by atoms with Gasteiger partial charge in [0.2, 0.25) is 0 Å². The van der Waals surface area contributed by atoms with Crippen molar-refractivity contribution in [1.29, 1.82) is 0 Å². The first-order chi connectivity index (χ1) is 7.27. The summed E-state index contributed by atoms with van der Waals surface area (Å²) in [5.41, 5.74) is 6.05. The minimum atomic E-state index is 0.149. The van der Waals surface area contributed by atoms with Crippen molar-refractivity contribution in [3.63, 3.8) is 0 Å². The van der Waals surface area contributed by atoms with Crippen LogP contribution in [0.25, 0.3) is 0 Å². The molecule has 15 heavy (non-hydrogen) atoms. The molecular weight excluding hydrogens is 194 g/mol. The first-order valence-corrected chi connectivity index (χ1v) is 4.66. The van der Waals surface area contributed by atoms with Crippen LogP contribution >= 0.6 is 0 Å². The number of pyridine rings is 1. The molecule has 2 N–H and O–H groups in total. The van der Waals surface area contributed by atoms with Crippen LogP contribution in [0.4, 0.5) is 5.82 Å². The highest BCUT2D eigenvalue weighted by Gasteiger charge is 2.04. The molecule has 5 nitrogen and oxygen atoms in total. The maximum Gasteiger partial charge on any atom is 0.174 e. The number of nitrogens with zero attached hydrogens (tertiary/aromatic N) is 2. The van der Waals surface area contributed by atoms with E-state index >= 15 is 0 Å². The summed E-state index contributed by atoms with van der Waals surface area (Å²) in [6, 6.07) is 4.99. The van der Waals surface area contributed by atoms with Gasteiger partial charge in [-0.3, -0.25) is 4.79 Å². The average molecular weight is 207 g/mol. The first-order valence-electron chi connectivity index (χ1n) is 4.66. The van der Waals surface area contributed by atoms with Crippen LogP contribution in [-0.2, 0) is 9.63 Å². The molecular formula is C10H13N3O2. The molecule has 1 aromatic rings. The fourth-order valence-corrected chi connectivity index (χ4v) is 0.929. The Morgan fingerprint density at radius 1 is 1.67 bits per heavy atom. The van der Waals surface area contributed by atoms with E-state index in [0.29, 0.717) is 24.4 Å². The molecule has 1 rings (SSSR count). The Morgan fingerprint density at radius 2 is 2.47 bits per heavy atom. The Bertz CT molecular complexity index is 363. The van der Waals surface area contributed by atoms with E-state index in [1.165, 1.54) is 0 Å². The van der Waals surface area contributed by atoms with Crippen LogP contribution < -0.4 is 5.73 Å². The molecule has 0 bridgehead atoms. The number of nitrogens with two attached hydrogens (primary N) is 1. The van der Waals surface area contributed by atoms with E-state index in [4.69, 9.17) is 10.6 Å². The fourth-order valence-electron chi connectivity index (χ4n) is 0.929. The monoisotopic (exact) mass is 207 g/mol. The van der Waals surface area contributed by atoms with E-state index in [-0.39, 0.29) is 5.71 Å². The van der Waals surface area contributed by atoms with Crippen molar-refractivity contribution in [2.24, 2.45) is 5.16 Å². The van der Waals surface area contributed by atoms with Crippen LogP contribution in [0.15, 0.2) is 23.4 Å². The molecule has 1 aromatic heterocycles. The normalized spacial score (nSPS) is 11.1. The van der Waals surface area contributed by atoms with E-state index < -0.39 is 0 Å². The Morgan fingerprint density at radius 3 is 3.07 bits per heavy atom. The topological polar surface area (TPSA) is 77.6 Å². The SMILES string of the molecule is CCCON=C(C=O)c1cccc(N)n1. The van der Waals surface area contributed by atoms with Crippen LogP contribution in [0, 0.1) is 0 Å². The molecule has 0 saturated heterocycles. The molecule has 0 saturated carbocycles. The lowest BCUT2D eigenvalue weighted by Gasteiger charge is -2.00. The second kappa shape index (κ2) is 5.74. The van der Waals surface area contributed by atoms with Gasteiger partial charge in [0, 0.05) is 0 Å². The number of rotatable bonds is 5. The van der Waals surface area contributed by atoms with Crippen molar-refractivity contribution in [2.75, 3.05) is 12.3 Å². The summed E-state index contributed by atoms with van der Waals surface area (Å²) >= 11 is 0. The second-order valence-electron chi connectivity index (χ2n) is 2.88. The van der Waals surface area contributed by atoms with Crippen LogP contribution in [0.2, 0.25) is 0 Å². The number of hydrogen-bond acceptors (Lipinski definition) is 5. The molecule has 0 aromatic carbocycles. The molecule has 0 unspecified atom stereocenters. The van der Waals surface area contributed by atoms with Gasteiger partial charge >= 0.3 is 0 Å². The van der Waals surface area contributed by atoms with Crippen LogP contribution in [0.5, 0.6) is 0 Å². The largest absolute Gasteiger partial charge is 0.395 e. The smallest absolute Gasteiger partial charge is 0.174 e. The van der Waals surface area contributed by atoms with Gasteiger partial charge in [0.15, 0.2) is 12.0 Å². The number of carbonyl (C=O) groups excluding carboxylic acids is 1. The van der Waals surface area contributed by atoms with E-state index in [2.05, 4.69) is 10.1 Å². The molecule has 0 aliphatic heterocycles. The molecule has 0 atom stereocenters. The molecule has 1 heterocycles. The molecule has 0 amide bonds. The van der Waals surface area contributed by atoms with Gasteiger partial charge in [0.25, 0.3) is 0 Å². The predicted molar refractivity (Wildman–Crippen MR) is 57.5 cm³/mol. The van der Waals surface area contributed by atoms with E-state index in [1.807, 2.05) is 6.92 Å². The zero-order valence-electron chi connectivity index (χ0n) is 8.51. The molecule has 0 radical (unpaired) electrons. The van der Waals surface area contributed by atoms with E-state index in [1.54, 1.807) is 18.2 Å². The van der Waals surface area contributed by atoms with Gasteiger partial charge in [0.1, 0.15) is 12.4 Å². The molecule has 0 spiro atoms. The van der Waals surface area contributed by atoms with Crippen LogP contribution in [0.1, 0.15) is 19.0 Å². The third-order valence-corrected chi connectivity index (χ3v) is 1.60. The van der Waals surface area contributed by atoms with Crippen molar-refractivity contribution >= 4 is 17.8 Å². The summed E-state index contributed by atoms with van der Waals surface area (Å²) in [6.07, 6.45) is 1.43. The van der Waals surface area contributed by atoms with Gasteiger partial charge in [-0.05, 0) is 18.6 Å². The van der Waals surface area contributed by atoms with Gasteiger partial charge in [-0.15, -0.1) is 0 Å². The Hall–Kier alpha value is -1.91. The standard InChI is InChI=1S/C10H13N3O2/c1-2-6-15-13-9(7-14)8-4-3-5-10(11)12-8/h3-5,7H,2,6H2,1H3,(H2,11,12). The van der Waals surface area contributed by atoms with Gasteiger partial charge in [-0.25, -0.2) is 4.98 Å². The van der Waals surface area contributed by atoms with Crippen LogP contribution in [0.3, 0.4) is 0 Å². The van der Waals surface area contributed by atoms with E-state index in [0.717, 1.165) is 6.42 Å². The third kappa shape index (κ3) is 3.38.